The Morgan fingerprint density at radius 3 is 2.46 bits per heavy atom. The standard InChI is InChI=1S/C40H43ClF3N7O5/c1-5-22(2)51(21-34(53)54)20-32-39(56-4)50-37(36(47-32)40(42,43)44)48-30-16-14-26-25(8-6-9-27(26)30)28-10-7-11-29(35(28)41)31-15-12-23(38(49-31)55-3)18-45-19-24-13-17-33(52)46-24/h5-12,15,22,24,30,45H,1,13-14,16-21H2,2-4H3,(H,46,52)(H,48,50)(H,53,54)/t22?,24-,30-/m0/s1. The Kier molecular flexibility index (Phi) is 12.5. The number of nitrogens with zero attached hydrogens (tertiary/aromatic N) is 4. The summed E-state index contributed by atoms with van der Waals surface area (Å²) in [6.07, 6.45) is -1.04. The molecule has 1 aliphatic carbocycles. The lowest BCUT2D eigenvalue weighted by Gasteiger charge is -2.26. The number of alkyl halides is 3. The molecular formula is C40H43ClF3N7O5. The first-order chi connectivity index (χ1) is 26.8. The molecule has 3 heterocycles. The van der Waals surface area contributed by atoms with Crippen LogP contribution in [0.15, 0.2) is 61.2 Å². The van der Waals surface area contributed by atoms with Crippen LogP contribution in [0.1, 0.15) is 60.3 Å². The van der Waals surface area contributed by atoms with Gasteiger partial charge in [-0.25, -0.2) is 9.97 Å². The van der Waals surface area contributed by atoms with Gasteiger partial charge in [0.25, 0.3) is 0 Å². The first-order valence-corrected chi connectivity index (χ1v) is 18.5. The molecule has 0 spiro atoms. The van der Waals surface area contributed by atoms with E-state index in [2.05, 4.69) is 32.5 Å². The topological polar surface area (TPSA) is 151 Å². The van der Waals surface area contributed by atoms with Crippen LogP contribution in [0, 0.1) is 0 Å². The second kappa shape index (κ2) is 17.3. The molecule has 2 aromatic heterocycles. The number of carboxylic acid groups (broad SMARTS) is 1. The molecule has 4 aromatic rings. The number of amides is 1. The molecule has 1 unspecified atom stereocenters. The molecule has 2 aromatic carbocycles. The number of carbonyl (C=O) groups excluding carboxylic acids is 1. The van der Waals surface area contributed by atoms with E-state index < -0.39 is 42.3 Å². The number of hydrogen-bond donors (Lipinski definition) is 4. The molecule has 12 nitrogen and oxygen atoms in total. The van der Waals surface area contributed by atoms with Crippen molar-refractivity contribution >= 4 is 29.3 Å². The van der Waals surface area contributed by atoms with E-state index in [1.54, 1.807) is 14.0 Å². The van der Waals surface area contributed by atoms with E-state index in [0.717, 1.165) is 34.2 Å². The molecular weight excluding hydrogens is 751 g/mol. The zero-order valence-electron chi connectivity index (χ0n) is 31.2. The number of hydrogen-bond acceptors (Lipinski definition) is 10. The van der Waals surface area contributed by atoms with E-state index in [1.807, 2.05) is 48.5 Å². The Labute approximate surface area is 327 Å². The summed E-state index contributed by atoms with van der Waals surface area (Å²) in [5, 5.41) is 19.2. The average Bonchev–Trinajstić information content (AvgIpc) is 3.79. The van der Waals surface area contributed by atoms with E-state index >= 15 is 0 Å². The predicted octanol–water partition coefficient (Wildman–Crippen LogP) is 6.82. The van der Waals surface area contributed by atoms with Crippen molar-refractivity contribution in [2.75, 3.05) is 32.6 Å². The fourth-order valence-corrected chi connectivity index (χ4v) is 7.50. The zero-order valence-corrected chi connectivity index (χ0v) is 31.9. The summed E-state index contributed by atoms with van der Waals surface area (Å²) in [6, 6.07) is 14.2. The largest absolute Gasteiger partial charge is 0.481 e. The maximum absolute atomic E-state index is 14.6. The maximum atomic E-state index is 14.6. The van der Waals surface area contributed by atoms with Crippen molar-refractivity contribution in [3.05, 3.63) is 94.3 Å². The number of halogens is 4. The highest BCUT2D eigenvalue weighted by atomic mass is 35.5. The lowest BCUT2D eigenvalue weighted by molar-refractivity contribution is -0.141. The fourth-order valence-electron chi connectivity index (χ4n) is 7.18. The number of nitrogens with one attached hydrogen (secondary N) is 3. The second-order valence-electron chi connectivity index (χ2n) is 13.7. The molecule has 1 saturated heterocycles. The molecule has 4 N–H and O–H groups in total. The van der Waals surface area contributed by atoms with Crippen LogP contribution in [-0.4, -0.2) is 76.2 Å². The normalized spacial score (nSPS) is 17.0. The number of rotatable bonds is 16. The number of carboxylic acids is 1. The van der Waals surface area contributed by atoms with Crippen LogP contribution in [0.4, 0.5) is 19.0 Å². The third-order valence-electron chi connectivity index (χ3n) is 10.1. The molecule has 0 radical (unpaired) electrons. The lowest BCUT2D eigenvalue weighted by atomic mass is 9.94. The zero-order chi connectivity index (χ0) is 40.1. The number of carbonyl (C=O) groups is 2. The first kappa shape index (κ1) is 40.4. The van der Waals surface area contributed by atoms with Gasteiger partial charge >= 0.3 is 12.1 Å². The molecule has 1 fully saturated rings. The van der Waals surface area contributed by atoms with Crippen molar-refractivity contribution in [1.82, 2.24) is 30.5 Å². The van der Waals surface area contributed by atoms with Gasteiger partial charge in [0.2, 0.25) is 17.7 Å². The van der Waals surface area contributed by atoms with E-state index in [9.17, 15) is 27.9 Å². The summed E-state index contributed by atoms with van der Waals surface area (Å²) in [7, 11) is 2.83. The van der Waals surface area contributed by atoms with Gasteiger partial charge in [0.1, 0.15) is 5.69 Å². The van der Waals surface area contributed by atoms with E-state index in [4.69, 9.17) is 26.1 Å². The van der Waals surface area contributed by atoms with E-state index in [-0.39, 0.29) is 30.1 Å². The summed E-state index contributed by atoms with van der Waals surface area (Å²) in [6.45, 7) is 5.77. The molecule has 6 rings (SSSR count). The van der Waals surface area contributed by atoms with Gasteiger partial charge in [0.15, 0.2) is 11.5 Å². The smallest absolute Gasteiger partial charge is 0.437 e. The van der Waals surface area contributed by atoms with Crippen LogP contribution < -0.4 is 25.4 Å². The molecule has 296 valence electrons. The highest BCUT2D eigenvalue weighted by Crippen LogP contribution is 2.45. The van der Waals surface area contributed by atoms with Crippen LogP contribution in [0.5, 0.6) is 11.8 Å². The van der Waals surface area contributed by atoms with Crippen molar-refractivity contribution < 1.29 is 37.3 Å². The highest BCUT2D eigenvalue weighted by Gasteiger charge is 2.39. The van der Waals surface area contributed by atoms with Crippen LogP contribution in [-0.2, 0) is 35.3 Å². The Morgan fingerprint density at radius 2 is 1.79 bits per heavy atom. The molecule has 3 atom stereocenters. The van der Waals surface area contributed by atoms with E-state index in [1.165, 1.54) is 18.1 Å². The van der Waals surface area contributed by atoms with Gasteiger partial charge in [-0.15, -0.1) is 6.58 Å². The molecule has 1 aliphatic heterocycles. The molecule has 16 heteroatoms. The monoisotopic (exact) mass is 793 g/mol. The summed E-state index contributed by atoms with van der Waals surface area (Å²) in [5.74, 6) is -1.30. The quantitative estimate of drug-likeness (QED) is 0.0885. The number of ether oxygens (including phenoxy) is 2. The number of pyridine rings is 1. The number of aromatic nitrogens is 3. The summed E-state index contributed by atoms with van der Waals surface area (Å²) < 4.78 is 54.7. The van der Waals surface area contributed by atoms with Gasteiger partial charge in [-0.2, -0.15) is 18.2 Å². The molecule has 56 heavy (non-hydrogen) atoms. The predicted molar refractivity (Wildman–Crippen MR) is 206 cm³/mol. The van der Waals surface area contributed by atoms with Crippen molar-refractivity contribution in [3.63, 3.8) is 0 Å². The van der Waals surface area contributed by atoms with Crippen molar-refractivity contribution in [2.45, 2.75) is 70.0 Å². The first-order valence-electron chi connectivity index (χ1n) is 18.1. The Balaban J connectivity index is 1.26. The van der Waals surface area contributed by atoms with Gasteiger partial charge in [-0.3, -0.25) is 14.5 Å². The van der Waals surface area contributed by atoms with Gasteiger partial charge in [0.05, 0.1) is 37.5 Å². The van der Waals surface area contributed by atoms with Crippen molar-refractivity contribution in [3.8, 4) is 34.1 Å². The Bertz CT molecular complexity index is 2120. The minimum atomic E-state index is -4.88. The summed E-state index contributed by atoms with van der Waals surface area (Å²) in [4.78, 5) is 37.4. The minimum absolute atomic E-state index is 0.0630. The van der Waals surface area contributed by atoms with Gasteiger partial charge in [-0.1, -0.05) is 60.1 Å². The minimum Gasteiger partial charge on any atom is -0.481 e. The second-order valence-corrected chi connectivity index (χ2v) is 14.1. The van der Waals surface area contributed by atoms with Gasteiger partial charge in [0, 0.05) is 54.8 Å². The number of methoxy groups -OCH3 is 2. The van der Waals surface area contributed by atoms with Crippen LogP contribution >= 0.6 is 11.6 Å². The van der Waals surface area contributed by atoms with E-state index in [0.29, 0.717) is 54.5 Å². The van der Waals surface area contributed by atoms with Crippen molar-refractivity contribution in [2.24, 2.45) is 0 Å². The third kappa shape index (κ3) is 8.90. The fraction of sp³-hybridized carbons (Fsp3) is 0.375. The molecule has 0 bridgehead atoms. The maximum Gasteiger partial charge on any atom is 0.437 e. The molecule has 0 saturated carbocycles. The summed E-state index contributed by atoms with van der Waals surface area (Å²) in [5.41, 5.74) is 4.06. The summed E-state index contributed by atoms with van der Waals surface area (Å²) >= 11 is 7.12. The average molecular weight is 794 g/mol. The Hall–Kier alpha value is -5.25. The van der Waals surface area contributed by atoms with Crippen LogP contribution in [0.3, 0.4) is 0 Å². The van der Waals surface area contributed by atoms with Gasteiger partial charge < -0.3 is 30.5 Å². The number of aliphatic carboxylic acids is 1. The number of benzene rings is 2. The lowest BCUT2D eigenvalue weighted by Crippen LogP contribution is -2.36. The molecule has 1 amide bonds. The van der Waals surface area contributed by atoms with Crippen molar-refractivity contribution in [1.29, 1.82) is 0 Å². The number of fused-ring (bicyclic) bond motifs is 1. The van der Waals surface area contributed by atoms with Crippen LogP contribution in [0.2, 0.25) is 5.02 Å². The highest BCUT2D eigenvalue weighted by molar-refractivity contribution is 6.36. The molecule has 2 aliphatic rings. The number of anilines is 1. The van der Waals surface area contributed by atoms with Gasteiger partial charge in [-0.05, 0) is 48.9 Å². The Morgan fingerprint density at radius 1 is 1.05 bits per heavy atom. The van der Waals surface area contributed by atoms with Crippen LogP contribution in [0.25, 0.3) is 22.4 Å². The SMILES string of the molecule is C=CC(C)N(CC(=O)O)Cc1nc(C(F)(F)F)c(N[C@H]2CCc3c(-c4cccc(-c5ccc(CNC[C@@H]6CCC(=O)N6)c(OC)n5)c4Cl)cccc32)nc1OC. The third-order valence-corrected chi connectivity index (χ3v) is 10.5.